The van der Waals surface area contributed by atoms with Crippen molar-refractivity contribution in [2.45, 2.75) is 26.3 Å². The molecule has 0 radical (unpaired) electrons. The molecule has 1 atom stereocenters. The summed E-state index contributed by atoms with van der Waals surface area (Å²) in [6.07, 6.45) is 0.720. The van der Waals surface area contributed by atoms with Gasteiger partial charge in [0.2, 0.25) is 0 Å². The molecule has 0 saturated carbocycles. The lowest BCUT2D eigenvalue weighted by Crippen LogP contribution is -2.27. The molecule has 0 aliphatic heterocycles. The summed E-state index contributed by atoms with van der Waals surface area (Å²) in [7, 11) is 0. The Morgan fingerprint density at radius 3 is 2.00 bits per heavy atom. The molecule has 0 aliphatic rings. The summed E-state index contributed by atoms with van der Waals surface area (Å²) in [6, 6.07) is 0.167. The second-order valence-electron chi connectivity index (χ2n) is 2.42. The van der Waals surface area contributed by atoms with Gasteiger partial charge in [-0.2, -0.15) is 0 Å². The number of aliphatic hydroxyl groups excluding tert-OH is 1. The van der Waals surface area contributed by atoms with Crippen LogP contribution in [0, 0.1) is 5.92 Å². The second-order valence-corrected chi connectivity index (χ2v) is 2.42. The highest BCUT2D eigenvalue weighted by Crippen LogP contribution is 2.00. The van der Waals surface area contributed by atoms with E-state index in [9.17, 15) is 0 Å². The van der Waals surface area contributed by atoms with E-state index in [0.29, 0.717) is 5.92 Å². The Hall–Kier alpha value is 0.210. The van der Waals surface area contributed by atoms with Crippen LogP contribution in [0.2, 0.25) is 0 Å². The Kier molecular flexibility index (Phi) is 8.40. The van der Waals surface area contributed by atoms with E-state index in [1.165, 1.54) is 0 Å². The van der Waals surface area contributed by atoms with Crippen LogP contribution in [0.4, 0.5) is 0 Å². The Labute approximate surface area is 62.9 Å². The molecule has 9 heavy (non-hydrogen) atoms. The van der Waals surface area contributed by atoms with Gasteiger partial charge in [-0.05, 0) is 12.3 Å². The molecular weight excluding hydrogens is 138 g/mol. The summed E-state index contributed by atoms with van der Waals surface area (Å²) < 4.78 is 0. The summed E-state index contributed by atoms with van der Waals surface area (Å²) in [5.41, 5.74) is 5.57. The zero-order valence-electron chi connectivity index (χ0n) is 6.00. The minimum Gasteiger partial charge on any atom is -0.396 e. The number of hydrogen-bond acceptors (Lipinski definition) is 2. The van der Waals surface area contributed by atoms with E-state index >= 15 is 0 Å². The van der Waals surface area contributed by atoms with Crippen molar-refractivity contribution < 1.29 is 5.11 Å². The Balaban J connectivity index is 0. The average molecular weight is 154 g/mol. The van der Waals surface area contributed by atoms with Gasteiger partial charge >= 0.3 is 0 Å². The fourth-order valence-electron chi connectivity index (χ4n) is 0.482. The molecular formula is C6H16ClNO. The number of halogens is 1. The van der Waals surface area contributed by atoms with Gasteiger partial charge < -0.3 is 10.8 Å². The van der Waals surface area contributed by atoms with Crippen molar-refractivity contribution in [3.8, 4) is 0 Å². The van der Waals surface area contributed by atoms with Gasteiger partial charge in [0.25, 0.3) is 0 Å². The molecule has 0 aromatic carbocycles. The highest BCUT2D eigenvalue weighted by molar-refractivity contribution is 5.85. The first-order valence-electron chi connectivity index (χ1n) is 3.05. The van der Waals surface area contributed by atoms with Gasteiger partial charge in [0.15, 0.2) is 0 Å². The molecule has 0 amide bonds. The summed E-state index contributed by atoms with van der Waals surface area (Å²) >= 11 is 0. The zero-order chi connectivity index (χ0) is 6.57. The third kappa shape index (κ3) is 6.09. The van der Waals surface area contributed by atoms with E-state index in [1.807, 2.05) is 0 Å². The maximum atomic E-state index is 8.41. The first-order valence-corrected chi connectivity index (χ1v) is 3.05. The van der Waals surface area contributed by atoms with E-state index in [4.69, 9.17) is 10.8 Å². The largest absolute Gasteiger partial charge is 0.396 e. The standard InChI is InChI=1S/C6H15NO.ClH/c1-5(2)6(7)3-4-8;/h5-6,8H,3-4,7H2,1-2H3;1H/t6-;/m0./s1. The minimum absolute atomic E-state index is 0. The van der Waals surface area contributed by atoms with Crippen molar-refractivity contribution in [1.82, 2.24) is 0 Å². The minimum atomic E-state index is 0. The summed E-state index contributed by atoms with van der Waals surface area (Å²) in [4.78, 5) is 0. The molecule has 0 aromatic rings. The lowest BCUT2D eigenvalue weighted by molar-refractivity contribution is 0.262. The van der Waals surface area contributed by atoms with Crippen molar-refractivity contribution >= 4 is 12.4 Å². The van der Waals surface area contributed by atoms with E-state index in [-0.39, 0.29) is 25.1 Å². The van der Waals surface area contributed by atoms with Gasteiger partial charge in [0.1, 0.15) is 0 Å². The van der Waals surface area contributed by atoms with Gasteiger partial charge in [-0.15, -0.1) is 12.4 Å². The Bertz CT molecular complexity index is 59.0. The maximum absolute atomic E-state index is 8.41. The van der Waals surface area contributed by atoms with Crippen LogP contribution in [0.5, 0.6) is 0 Å². The van der Waals surface area contributed by atoms with Gasteiger partial charge in [-0.25, -0.2) is 0 Å². The first kappa shape index (κ1) is 11.9. The van der Waals surface area contributed by atoms with Crippen molar-refractivity contribution in [2.75, 3.05) is 6.61 Å². The van der Waals surface area contributed by atoms with Crippen LogP contribution < -0.4 is 5.73 Å². The van der Waals surface area contributed by atoms with Crippen LogP contribution in [-0.4, -0.2) is 17.8 Å². The van der Waals surface area contributed by atoms with Gasteiger partial charge in [-0.3, -0.25) is 0 Å². The maximum Gasteiger partial charge on any atom is 0.0445 e. The summed E-state index contributed by atoms with van der Waals surface area (Å²) in [6.45, 7) is 4.32. The van der Waals surface area contributed by atoms with E-state index in [1.54, 1.807) is 0 Å². The molecule has 58 valence electrons. The summed E-state index contributed by atoms with van der Waals surface area (Å²) in [5, 5.41) is 8.41. The third-order valence-corrected chi connectivity index (χ3v) is 1.32. The van der Waals surface area contributed by atoms with Crippen molar-refractivity contribution in [3.63, 3.8) is 0 Å². The first-order chi connectivity index (χ1) is 3.68. The monoisotopic (exact) mass is 153 g/mol. The van der Waals surface area contributed by atoms with Crippen LogP contribution in [0.3, 0.4) is 0 Å². The molecule has 0 spiro atoms. The van der Waals surface area contributed by atoms with Crippen LogP contribution in [-0.2, 0) is 0 Å². The number of nitrogens with two attached hydrogens (primary N) is 1. The van der Waals surface area contributed by atoms with Crippen molar-refractivity contribution in [3.05, 3.63) is 0 Å². The fourth-order valence-corrected chi connectivity index (χ4v) is 0.482. The topological polar surface area (TPSA) is 46.2 Å². The van der Waals surface area contributed by atoms with Gasteiger partial charge in [0.05, 0.1) is 0 Å². The Morgan fingerprint density at radius 2 is 1.89 bits per heavy atom. The Morgan fingerprint density at radius 1 is 1.44 bits per heavy atom. The molecule has 0 aromatic heterocycles. The lowest BCUT2D eigenvalue weighted by atomic mass is 10.0. The molecule has 0 saturated heterocycles. The van der Waals surface area contributed by atoms with E-state index in [0.717, 1.165) is 6.42 Å². The predicted molar refractivity (Wildman–Crippen MR) is 41.8 cm³/mol. The highest BCUT2D eigenvalue weighted by Gasteiger charge is 2.04. The van der Waals surface area contributed by atoms with Crippen molar-refractivity contribution in [1.29, 1.82) is 0 Å². The molecule has 0 aliphatic carbocycles. The van der Waals surface area contributed by atoms with Crippen LogP contribution in [0.15, 0.2) is 0 Å². The molecule has 3 N–H and O–H groups in total. The van der Waals surface area contributed by atoms with Crippen LogP contribution in [0.1, 0.15) is 20.3 Å². The van der Waals surface area contributed by atoms with Gasteiger partial charge in [0, 0.05) is 12.6 Å². The quantitative estimate of drug-likeness (QED) is 0.630. The predicted octanol–water partition coefficient (Wildman–Crippen LogP) is 0.774. The van der Waals surface area contributed by atoms with E-state index < -0.39 is 0 Å². The highest BCUT2D eigenvalue weighted by atomic mass is 35.5. The third-order valence-electron chi connectivity index (χ3n) is 1.32. The average Bonchev–Trinajstić information content (AvgIpc) is 1.67. The molecule has 0 rings (SSSR count). The normalized spacial score (nSPS) is 13.0. The van der Waals surface area contributed by atoms with Crippen LogP contribution >= 0.6 is 12.4 Å². The molecule has 3 heteroatoms. The van der Waals surface area contributed by atoms with Crippen molar-refractivity contribution in [2.24, 2.45) is 11.7 Å². The number of rotatable bonds is 3. The SMILES string of the molecule is CC(C)[C@@H](N)CCO.Cl. The molecule has 0 unspecified atom stereocenters. The van der Waals surface area contributed by atoms with E-state index in [2.05, 4.69) is 13.8 Å². The number of aliphatic hydroxyl groups is 1. The molecule has 0 bridgehead atoms. The molecule has 0 fully saturated rings. The molecule has 2 nitrogen and oxygen atoms in total. The lowest BCUT2D eigenvalue weighted by Gasteiger charge is -2.12. The fraction of sp³-hybridized carbons (Fsp3) is 1.00. The van der Waals surface area contributed by atoms with Gasteiger partial charge in [-0.1, -0.05) is 13.8 Å². The van der Waals surface area contributed by atoms with Crippen LogP contribution in [0.25, 0.3) is 0 Å². The summed E-state index contributed by atoms with van der Waals surface area (Å²) in [5.74, 6) is 0.488. The molecule has 0 heterocycles. The second kappa shape index (κ2) is 6.33. The smallest absolute Gasteiger partial charge is 0.0445 e. The number of hydrogen-bond donors (Lipinski definition) is 2. The zero-order valence-corrected chi connectivity index (χ0v) is 6.82.